The monoisotopic (exact) mass is 338 g/mol. The molecular weight excluding hydrogens is 320 g/mol. The first-order chi connectivity index (χ1) is 12.2. The van der Waals surface area contributed by atoms with Crippen LogP contribution in [0.2, 0.25) is 0 Å². The number of amides is 1. The van der Waals surface area contributed by atoms with Crippen molar-refractivity contribution in [2.45, 2.75) is 6.54 Å². The third-order valence-electron chi connectivity index (χ3n) is 3.57. The molecule has 0 fully saturated rings. The number of ether oxygens (including phenoxy) is 2. The molecule has 0 spiro atoms. The molecule has 0 aliphatic carbocycles. The van der Waals surface area contributed by atoms with Crippen molar-refractivity contribution >= 4 is 11.6 Å². The van der Waals surface area contributed by atoms with Gasteiger partial charge in [-0.15, -0.1) is 5.10 Å². The largest absolute Gasteiger partial charge is 0.497 e. The number of methoxy groups -OCH3 is 2. The molecule has 0 atom stereocenters. The van der Waals surface area contributed by atoms with Gasteiger partial charge >= 0.3 is 0 Å². The summed E-state index contributed by atoms with van der Waals surface area (Å²) < 4.78 is 12.0. The first-order valence-corrected chi connectivity index (χ1v) is 7.66. The Labute approximate surface area is 145 Å². The van der Waals surface area contributed by atoms with Gasteiger partial charge in [-0.25, -0.2) is 4.68 Å². The third-order valence-corrected chi connectivity index (χ3v) is 3.57. The van der Waals surface area contributed by atoms with E-state index in [1.807, 2.05) is 30.3 Å². The molecule has 0 bridgehead atoms. The average molecular weight is 338 g/mol. The van der Waals surface area contributed by atoms with Crippen LogP contribution in [-0.4, -0.2) is 35.1 Å². The fourth-order valence-corrected chi connectivity index (χ4v) is 2.32. The van der Waals surface area contributed by atoms with Crippen molar-refractivity contribution < 1.29 is 14.3 Å². The second-order valence-corrected chi connectivity index (χ2v) is 5.34. The molecule has 1 N–H and O–H groups in total. The average Bonchev–Trinajstić information content (AvgIpc) is 3.10. The lowest BCUT2D eigenvalue weighted by atomic mass is 10.2. The van der Waals surface area contributed by atoms with Gasteiger partial charge in [-0.3, -0.25) is 4.79 Å². The Hall–Kier alpha value is -3.35. The Kier molecular flexibility index (Phi) is 4.94. The SMILES string of the molecule is COc1cc(NC(=O)c2cn(Cc3ccccc3)nn2)cc(OC)c1. The Balaban J connectivity index is 1.72. The molecule has 0 aliphatic heterocycles. The number of carbonyl (C=O) groups excluding carboxylic acids is 1. The molecule has 3 rings (SSSR count). The lowest BCUT2D eigenvalue weighted by Crippen LogP contribution is -2.12. The maximum atomic E-state index is 12.4. The summed E-state index contributed by atoms with van der Waals surface area (Å²) in [4.78, 5) is 12.4. The van der Waals surface area contributed by atoms with Gasteiger partial charge in [-0.05, 0) is 5.56 Å². The predicted octanol–water partition coefficient (Wildman–Crippen LogP) is 2.60. The normalized spacial score (nSPS) is 10.3. The van der Waals surface area contributed by atoms with Crippen LogP contribution < -0.4 is 14.8 Å². The Morgan fingerprint density at radius 1 is 1.08 bits per heavy atom. The van der Waals surface area contributed by atoms with Crippen LogP contribution in [0.15, 0.2) is 54.7 Å². The molecular formula is C18H18N4O3. The quantitative estimate of drug-likeness (QED) is 0.747. The van der Waals surface area contributed by atoms with E-state index < -0.39 is 0 Å². The molecule has 0 radical (unpaired) electrons. The Bertz CT molecular complexity index is 840. The van der Waals surface area contributed by atoms with Gasteiger partial charge in [-0.2, -0.15) is 0 Å². The molecule has 25 heavy (non-hydrogen) atoms. The van der Waals surface area contributed by atoms with Crippen LogP contribution in [-0.2, 0) is 6.54 Å². The van der Waals surface area contributed by atoms with E-state index in [9.17, 15) is 4.79 Å². The van der Waals surface area contributed by atoms with Crippen molar-refractivity contribution in [1.29, 1.82) is 0 Å². The minimum Gasteiger partial charge on any atom is -0.497 e. The highest BCUT2D eigenvalue weighted by molar-refractivity contribution is 6.02. The van der Waals surface area contributed by atoms with Gasteiger partial charge in [0, 0.05) is 23.9 Å². The lowest BCUT2D eigenvalue weighted by molar-refractivity contribution is 0.102. The predicted molar refractivity (Wildman–Crippen MR) is 93.1 cm³/mol. The zero-order chi connectivity index (χ0) is 17.6. The summed E-state index contributed by atoms with van der Waals surface area (Å²) in [6.07, 6.45) is 1.61. The van der Waals surface area contributed by atoms with Crippen LogP contribution in [0.1, 0.15) is 16.1 Å². The van der Waals surface area contributed by atoms with E-state index in [4.69, 9.17) is 9.47 Å². The van der Waals surface area contributed by atoms with Gasteiger partial charge in [0.25, 0.3) is 5.91 Å². The minimum atomic E-state index is -0.352. The first kappa shape index (κ1) is 16.5. The van der Waals surface area contributed by atoms with Gasteiger partial charge < -0.3 is 14.8 Å². The Morgan fingerprint density at radius 3 is 2.40 bits per heavy atom. The van der Waals surface area contributed by atoms with E-state index in [2.05, 4.69) is 15.6 Å². The number of hydrogen-bond acceptors (Lipinski definition) is 5. The molecule has 0 saturated carbocycles. The van der Waals surface area contributed by atoms with Crippen LogP contribution in [0, 0.1) is 0 Å². The van der Waals surface area contributed by atoms with Gasteiger partial charge in [-0.1, -0.05) is 35.5 Å². The molecule has 0 aliphatic rings. The minimum absolute atomic E-state index is 0.234. The molecule has 0 unspecified atom stereocenters. The maximum absolute atomic E-state index is 12.4. The molecule has 3 aromatic rings. The summed E-state index contributed by atoms with van der Waals surface area (Å²) in [6.45, 7) is 0.550. The van der Waals surface area contributed by atoms with Crippen molar-refractivity contribution in [3.05, 3.63) is 66.0 Å². The number of nitrogens with one attached hydrogen (secondary N) is 1. The van der Waals surface area contributed by atoms with Crippen molar-refractivity contribution in [3.63, 3.8) is 0 Å². The number of benzene rings is 2. The van der Waals surface area contributed by atoms with Crippen molar-refractivity contribution in [1.82, 2.24) is 15.0 Å². The Morgan fingerprint density at radius 2 is 1.76 bits per heavy atom. The molecule has 7 nitrogen and oxygen atoms in total. The highest BCUT2D eigenvalue weighted by Gasteiger charge is 2.12. The molecule has 1 aromatic heterocycles. The van der Waals surface area contributed by atoms with Gasteiger partial charge in [0.2, 0.25) is 0 Å². The molecule has 0 saturated heterocycles. The van der Waals surface area contributed by atoms with E-state index in [0.717, 1.165) is 5.56 Å². The topological polar surface area (TPSA) is 78.3 Å². The van der Waals surface area contributed by atoms with Gasteiger partial charge in [0.05, 0.1) is 27.0 Å². The summed E-state index contributed by atoms with van der Waals surface area (Å²) in [5.74, 6) is 0.819. The molecule has 128 valence electrons. The summed E-state index contributed by atoms with van der Waals surface area (Å²) in [5, 5.41) is 10.7. The highest BCUT2D eigenvalue weighted by Crippen LogP contribution is 2.26. The molecule has 1 heterocycles. The number of anilines is 1. The smallest absolute Gasteiger partial charge is 0.277 e. The second-order valence-electron chi connectivity index (χ2n) is 5.34. The lowest BCUT2D eigenvalue weighted by Gasteiger charge is -2.08. The number of aromatic nitrogens is 3. The van der Waals surface area contributed by atoms with Crippen LogP contribution in [0.4, 0.5) is 5.69 Å². The molecule has 2 aromatic carbocycles. The van der Waals surface area contributed by atoms with Crippen molar-refractivity contribution in [2.24, 2.45) is 0 Å². The molecule has 1 amide bonds. The van der Waals surface area contributed by atoms with E-state index >= 15 is 0 Å². The van der Waals surface area contributed by atoms with E-state index in [1.54, 1.807) is 43.3 Å². The third kappa shape index (κ3) is 4.14. The molecule has 7 heteroatoms. The number of rotatable bonds is 6. The summed E-state index contributed by atoms with van der Waals surface area (Å²) >= 11 is 0. The van der Waals surface area contributed by atoms with Crippen LogP contribution in [0.3, 0.4) is 0 Å². The zero-order valence-electron chi connectivity index (χ0n) is 14.0. The van der Waals surface area contributed by atoms with E-state index in [0.29, 0.717) is 23.7 Å². The number of hydrogen-bond donors (Lipinski definition) is 1. The number of carbonyl (C=O) groups is 1. The fraction of sp³-hybridized carbons (Fsp3) is 0.167. The maximum Gasteiger partial charge on any atom is 0.277 e. The summed E-state index contributed by atoms with van der Waals surface area (Å²) in [5.41, 5.74) is 1.87. The van der Waals surface area contributed by atoms with Crippen molar-refractivity contribution in [3.8, 4) is 11.5 Å². The van der Waals surface area contributed by atoms with Gasteiger partial charge in [0.15, 0.2) is 5.69 Å². The van der Waals surface area contributed by atoms with Crippen LogP contribution in [0.25, 0.3) is 0 Å². The van der Waals surface area contributed by atoms with Crippen LogP contribution in [0.5, 0.6) is 11.5 Å². The van der Waals surface area contributed by atoms with Gasteiger partial charge in [0.1, 0.15) is 11.5 Å². The van der Waals surface area contributed by atoms with Crippen LogP contribution >= 0.6 is 0 Å². The van der Waals surface area contributed by atoms with E-state index in [1.165, 1.54) is 0 Å². The summed E-state index contributed by atoms with van der Waals surface area (Å²) in [7, 11) is 3.10. The second kappa shape index (κ2) is 7.48. The number of nitrogens with zero attached hydrogens (tertiary/aromatic N) is 3. The standard InChI is InChI=1S/C18H18N4O3/c1-24-15-8-14(9-16(10-15)25-2)19-18(23)17-12-22(21-20-17)11-13-6-4-3-5-7-13/h3-10,12H,11H2,1-2H3,(H,19,23). The van der Waals surface area contributed by atoms with Crippen molar-refractivity contribution in [2.75, 3.05) is 19.5 Å². The van der Waals surface area contributed by atoms with E-state index in [-0.39, 0.29) is 11.6 Å². The summed E-state index contributed by atoms with van der Waals surface area (Å²) in [6, 6.07) is 15.0. The first-order valence-electron chi connectivity index (χ1n) is 7.66. The highest BCUT2D eigenvalue weighted by atomic mass is 16.5. The fourth-order valence-electron chi connectivity index (χ4n) is 2.32. The zero-order valence-corrected chi connectivity index (χ0v) is 14.0.